The average molecular weight is 423 g/mol. The molecule has 3 rings (SSSR count). The molecule has 1 aromatic rings. The fourth-order valence-electron chi connectivity index (χ4n) is 3.51. The van der Waals surface area contributed by atoms with E-state index in [9.17, 15) is 21.6 Å². The van der Waals surface area contributed by atoms with Gasteiger partial charge in [0, 0.05) is 13.5 Å². The maximum atomic E-state index is 13.5. The Morgan fingerprint density at radius 1 is 1.29 bits per heavy atom. The SMILES string of the molecule is Cn1nc(C(F)(F)F)c(CS(=O)(=O)C2=NOC(C)(C)C2)c1OCC1CCCC1. The number of hydrogen-bond donors (Lipinski definition) is 0. The summed E-state index contributed by atoms with van der Waals surface area (Å²) >= 11 is 0. The van der Waals surface area contributed by atoms with E-state index in [1.54, 1.807) is 13.8 Å². The van der Waals surface area contributed by atoms with Crippen LogP contribution in [0.25, 0.3) is 0 Å². The first-order valence-electron chi connectivity index (χ1n) is 9.13. The summed E-state index contributed by atoms with van der Waals surface area (Å²) in [6, 6.07) is 0. The van der Waals surface area contributed by atoms with E-state index in [0.29, 0.717) is 0 Å². The number of oxime groups is 1. The van der Waals surface area contributed by atoms with Crippen molar-refractivity contribution in [3.8, 4) is 5.88 Å². The number of aromatic nitrogens is 2. The number of alkyl halides is 3. The molecular formula is C17H24F3N3O4S. The lowest BCUT2D eigenvalue weighted by atomic mass is 10.1. The van der Waals surface area contributed by atoms with Gasteiger partial charge in [-0.25, -0.2) is 13.1 Å². The van der Waals surface area contributed by atoms with Crippen molar-refractivity contribution in [2.24, 2.45) is 18.1 Å². The van der Waals surface area contributed by atoms with Gasteiger partial charge in [-0.2, -0.15) is 18.3 Å². The van der Waals surface area contributed by atoms with Crippen molar-refractivity contribution in [1.82, 2.24) is 9.78 Å². The summed E-state index contributed by atoms with van der Waals surface area (Å²) in [5, 5.41) is 6.80. The molecule has 1 aromatic heterocycles. The van der Waals surface area contributed by atoms with Crippen LogP contribution in [-0.4, -0.2) is 35.4 Å². The molecule has 0 radical (unpaired) electrons. The second-order valence-corrected chi connectivity index (χ2v) is 9.98. The third-order valence-electron chi connectivity index (χ3n) is 4.95. The first-order chi connectivity index (χ1) is 12.9. The Labute approximate surface area is 161 Å². The fourth-order valence-corrected chi connectivity index (χ4v) is 5.03. The number of ether oxygens (including phenoxy) is 1. The fraction of sp³-hybridized carbons (Fsp3) is 0.765. The maximum absolute atomic E-state index is 13.5. The summed E-state index contributed by atoms with van der Waals surface area (Å²) in [6.07, 6.45) is -0.796. The van der Waals surface area contributed by atoms with Crippen molar-refractivity contribution in [3.63, 3.8) is 0 Å². The molecule has 0 N–H and O–H groups in total. The summed E-state index contributed by atoms with van der Waals surface area (Å²) in [7, 11) is -2.81. The smallest absolute Gasteiger partial charge is 0.435 e. The Morgan fingerprint density at radius 2 is 1.93 bits per heavy atom. The lowest BCUT2D eigenvalue weighted by Crippen LogP contribution is -2.24. The third-order valence-corrected chi connectivity index (χ3v) is 6.56. The van der Waals surface area contributed by atoms with Crippen molar-refractivity contribution in [1.29, 1.82) is 0 Å². The highest BCUT2D eigenvalue weighted by Crippen LogP contribution is 2.38. The number of sulfone groups is 1. The van der Waals surface area contributed by atoms with E-state index >= 15 is 0 Å². The van der Waals surface area contributed by atoms with Gasteiger partial charge in [-0.15, -0.1) is 0 Å². The van der Waals surface area contributed by atoms with E-state index in [1.807, 2.05) is 0 Å². The van der Waals surface area contributed by atoms with E-state index < -0.39 is 38.6 Å². The number of hydrogen-bond acceptors (Lipinski definition) is 6. The lowest BCUT2D eigenvalue weighted by molar-refractivity contribution is -0.141. The topological polar surface area (TPSA) is 82.8 Å². The summed E-state index contributed by atoms with van der Waals surface area (Å²) in [4.78, 5) is 5.06. The maximum Gasteiger partial charge on any atom is 0.435 e. The van der Waals surface area contributed by atoms with Gasteiger partial charge in [0.1, 0.15) is 5.60 Å². The number of nitrogens with zero attached hydrogens (tertiary/aromatic N) is 3. The molecule has 7 nitrogen and oxygen atoms in total. The van der Waals surface area contributed by atoms with Crippen molar-refractivity contribution in [2.75, 3.05) is 6.61 Å². The van der Waals surface area contributed by atoms with Crippen molar-refractivity contribution < 1.29 is 31.2 Å². The molecule has 11 heteroatoms. The molecule has 1 fully saturated rings. The Balaban J connectivity index is 1.91. The Hall–Kier alpha value is -1.78. The minimum atomic E-state index is -4.80. The molecule has 0 spiro atoms. The summed E-state index contributed by atoms with van der Waals surface area (Å²) in [6.45, 7) is 3.54. The van der Waals surface area contributed by atoms with Gasteiger partial charge in [0.2, 0.25) is 5.88 Å². The van der Waals surface area contributed by atoms with Crippen LogP contribution in [0, 0.1) is 5.92 Å². The molecule has 2 aliphatic rings. The zero-order chi connectivity index (χ0) is 20.7. The highest BCUT2D eigenvalue weighted by atomic mass is 32.2. The second-order valence-electron chi connectivity index (χ2n) is 7.99. The van der Waals surface area contributed by atoms with Gasteiger partial charge in [0.25, 0.3) is 0 Å². The van der Waals surface area contributed by atoms with Crippen LogP contribution in [-0.2, 0) is 33.7 Å². The molecule has 1 saturated carbocycles. The van der Waals surface area contributed by atoms with E-state index in [1.165, 1.54) is 7.05 Å². The Bertz CT molecular complexity index is 869. The predicted octanol–water partition coefficient (Wildman–Crippen LogP) is 3.44. The van der Waals surface area contributed by atoms with Crippen molar-refractivity contribution in [2.45, 2.75) is 63.5 Å². The first-order valence-corrected chi connectivity index (χ1v) is 10.8. The molecule has 0 saturated heterocycles. The Kier molecular flexibility index (Phi) is 5.41. The second kappa shape index (κ2) is 7.23. The van der Waals surface area contributed by atoms with Crippen molar-refractivity contribution in [3.05, 3.63) is 11.3 Å². The number of aryl methyl sites for hydroxylation is 1. The van der Waals surface area contributed by atoms with Crippen LogP contribution in [0.15, 0.2) is 5.16 Å². The molecule has 0 atom stereocenters. The third kappa shape index (κ3) is 4.44. The summed E-state index contributed by atoms with van der Waals surface area (Å²) < 4.78 is 72.5. The van der Waals surface area contributed by atoms with Crippen LogP contribution >= 0.6 is 0 Å². The van der Waals surface area contributed by atoms with Crippen molar-refractivity contribution >= 4 is 14.9 Å². The molecule has 0 bridgehead atoms. The van der Waals surface area contributed by atoms with Gasteiger partial charge >= 0.3 is 6.18 Å². The summed E-state index contributed by atoms with van der Waals surface area (Å²) in [5.41, 5.74) is -2.55. The summed E-state index contributed by atoms with van der Waals surface area (Å²) in [5.74, 6) is -0.808. The first kappa shape index (κ1) is 20.9. The largest absolute Gasteiger partial charge is 0.477 e. The molecule has 0 amide bonds. The minimum absolute atomic E-state index is 0.00475. The molecule has 2 heterocycles. The van der Waals surface area contributed by atoms with E-state index in [0.717, 1.165) is 30.4 Å². The normalized spacial score (nSPS) is 20.3. The van der Waals surface area contributed by atoms with Gasteiger partial charge in [0.15, 0.2) is 20.6 Å². The van der Waals surface area contributed by atoms with Crippen LogP contribution in [0.2, 0.25) is 0 Å². The van der Waals surface area contributed by atoms with Gasteiger partial charge in [-0.05, 0) is 32.6 Å². The zero-order valence-electron chi connectivity index (χ0n) is 16.0. The highest BCUT2D eigenvalue weighted by molar-refractivity contribution is 8.05. The number of rotatable bonds is 5. The molecule has 1 aliphatic carbocycles. The molecule has 158 valence electrons. The standard InChI is InChI=1S/C17H24F3N3O4S/c1-16(2)8-13(22-27-16)28(24,25)10-12-14(17(18,19)20)21-23(3)15(12)26-9-11-6-4-5-7-11/h11H,4-10H2,1-3H3. The predicted molar refractivity (Wildman–Crippen MR) is 95.5 cm³/mol. The van der Waals surface area contributed by atoms with Crippen LogP contribution < -0.4 is 4.74 Å². The number of halogens is 3. The molecule has 0 aromatic carbocycles. The average Bonchev–Trinajstić information content (AvgIpc) is 3.25. The zero-order valence-corrected chi connectivity index (χ0v) is 16.9. The van der Waals surface area contributed by atoms with Crippen LogP contribution in [0.3, 0.4) is 0 Å². The van der Waals surface area contributed by atoms with Gasteiger partial charge in [0.05, 0.1) is 17.9 Å². The highest BCUT2D eigenvalue weighted by Gasteiger charge is 2.43. The van der Waals surface area contributed by atoms with E-state index in [4.69, 9.17) is 9.57 Å². The quantitative estimate of drug-likeness (QED) is 0.725. The monoisotopic (exact) mass is 423 g/mol. The van der Waals surface area contributed by atoms with Crippen LogP contribution in [0.4, 0.5) is 13.2 Å². The van der Waals surface area contributed by atoms with Gasteiger partial charge in [-0.3, -0.25) is 0 Å². The molecule has 28 heavy (non-hydrogen) atoms. The van der Waals surface area contributed by atoms with Crippen LogP contribution in [0.1, 0.15) is 57.2 Å². The lowest BCUT2D eigenvalue weighted by Gasteiger charge is -2.14. The van der Waals surface area contributed by atoms with Gasteiger partial charge < -0.3 is 9.57 Å². The Morgan fingerprint density at radius 3 is 2.46 bits per heavy atom. The minimum Gasteiger partial charge on any atom is -0.477 e. The van der Waals surface area contributed by atoms with Crippen LogP contribution in [0.5, 0.6) is 5.88 Å². The molecule has 0 unspecified atom stereocenters. The van der Waals surface area contributed by atoms with Gasteiger partial charge in [-0.1, -0.05) is 18.0 Å². The molecule has 1 aliphatic heterocycles. The van der Waals surface area contributed by atoms with E-state index in [2.05, 4.69) is 10.3 Å². The van der Waals surface area contributed by atoms with E-state index in [-0.39, 0.29) is 29.9 Å². The molecular weight excluding hydrogens is 399 g/mol.